The molecule has 0 spiro atoms. The molecule has 6 aromatic rings. The molecule has 0 bridgehead atoms. The van der Waals surface area contributed by atoms with Gasteiger partial charge in [0, 0.05) is 70.4 Å². The molecular formula is C67H92Cl3N9O8. The van der Waals surface area contributed by atoms with E-state index in [2.05, 4.69) is 127 Å². The molecule has 20 heteroatoms. The average molecular weight is 1260 g/mol. The summed E-state index contributed by atoms with van der Waals surface area (Å²) in [4.78, 5) is 47.3. The van der Waals surface area contributed by atoms with Crippen LogP contribution in [-0.2, 0) is 38.8 Å². The number of carboxylic acid groups (broad SMARTS) is 4. The average Bonchev–Trinajstić information content (AvgIpc) is 3.17. The third-order valence-corrected chi connectivity index (χ3v) is 15.9. The van der Waals surface area contributed by atoms with Gasteiger partial charge < -0.3 is 52.3 Å². The first kappa shape index (κ1) is 74.4. The lowest BCUT2D eigenvalue weighted by molar-refractivity contribution is -0.123. The number of nitrogens with zero attached hydrogens (tertiary/aromatic N) is 3. The highest BCUT2D eigenvalue weighted by atomic mass is 35.5. The Balaban J connectivity index is 0.000000312. The van der Waals surface area contributed by atoms with E-state index in [9.17, 15) is 0 Å². The molecule has 3 aliphatic rings. The first-order valence-electron chi connectivity index (χ1n) is 29.7. The number of aryl methyl sites for hydroxylation is 3. The van der Waals surface area contributed by atoms with Crippen molar-refractivity contribution in [3.63, 3.8) is 0 Å². The van der Waals surface area contributed by atoms with Gasteiger partial charge in [-0.2, -0.15) is 0 Å². The van der Waals surface area contributed by atoms with Crippen LogP contribution >= 0.6 is 34.8 Å². The van der Waals surface area contributed by atoms with E-state index in [0.717, 1.165) is 123 Å². The third-order valence-electron chi connectivity index (χ3n) is 15.2. The standard InChI is InChI=1S/3C21H28ClN3.4CH2O2/c3*1-14(2)19-10-21(25-20-8-7-18(22)9-15(20)3)24-13-17(19)12-23-11-16-5-4-6-16;4*2-1-3/h3*7-10,13-14,16,23H,4-6,11-12H2,1-3H3,(H,24,25);4*1H,(H,2,3). The Kier molecular flexibility index (Phi) is 35.3. The van der Waals surface area contributed by atoms with Gasteiger partial charge in [-0.05, 0) is 237 Å². The Bertz CT molecular complexity index is 2690. The minimum atomic E-state index is -0.250. The zero-order valence-corrected chi connectivity index (χ0v) is 54.2. The number of benzene rings is 3. The molecule has 0 aliphatic heterocycles. The van der Waals surface area contributed by atoms with E-state index in [0.29, 0.717) is 17.8 Å². The van der Waals surface area contributed by atoms with Gasteiger partial charge in [-0.3, -0.25) is 19.2 Å². The minimum Gasteiger partial charge on any atom is -0.483 e. The summed E-state index contributed by atoms with van der Waals surface area (Å²) in [5.41, 5.74) is 14.4. The monoisotopic (exact) mass is 1260 g/mol. The van der Waals surface area contributed by atoms with Crippen molar-refractivity contribution in [1.82, 2.24) is 30.9 Å². The lowest BCUT2D eigenvalue weighted by Crippen LogP contribution is -2.27. The highest BCUT2D eigenvalue weighted by Crippen LogP contribution is 2.32. The predicted octanol–water partition coefficient (Wildman–Crippen LogP) is 16.2. The second-order valence-corrected chi connectivity index (χ2v) is 24.0. The molecule has 3 aromatic carbocycles. The largest absolute Gasteiger partial charge is 0.483 e. The molecule has 3 saturated carbocycles. The molecule has 0 atom stereocenters. The summed E-state index contributed by atoms with van der Waals surface area (Å²) >= 11 is 18.1. The molecule has 17 nitrogen and oxygen atoms in total. The molecule has 10 N–H and O–H groups in total. The van der Waals surface area contributed by atoms with E-state index in [4.69, 9.17) is 74.4 Å². The number of pyridine rings is 3. The van der Waals surface area contributed by atoms with Crippen LogP contribution in [0.3, 0.4) is 0 Å². The second kappa shape index (κ2) is 41.3. The lowest BCUT2D eigenvalue weighted by atomic mass is 9.85. The fraction of sp³-hybridized carbons (Fsp3) is 0.448. The number of anilines is 6. The fourth-order valence-electron chi connectivity index (χ4n) is 9.80. The van der Waals surface area contributed by atoms with Gasteiger partial charge in [0.2, 0.25) is 0 Å². The number of hydrogen-bond donors (Lipinski definition) is 10. The Morgan fingerprint density at radius 1 is 0.425 bits per heavy atom. The van der Waals surface area contributed by atoms with Crippen molar-refractivity contribution >= 4 is 95.2 Å². The van der Waals surface area contributed by atoms with Crippen LogP contribution in [0, 0.1) is 38.5 Å². The van der Waals surface area contributed by atoms with E-state index in [1.165, 1.54) is 91.2 Å². The zero-order valence-electron chi connectivity index (χ0n) is 51.9. The van der Waals surface area contributed by atoms with E-state index >= 15 is 0 Å². The van der Waals surface area contributed by atoms with Gasteiger partial charge in [0.05, 0.1) is 0 Å². The molecule has 87 heavy (non-hydrogen) atoms. The number of hydrogen-bond acceptors (Lipinski definition) is 13. The first-order valence-corrected chi connectivity index (χ1v) is 30.9. The zero-order chi connectivity index (χ0) is 64.3. The van der Waals surface area contributed by atoms with Crippen LogP contribution < -0.4 is 31.9 Å². The van der Waals surface area contributed by atoms with Crippen LogP contribution in [0.25, 0.3) is 0 Å². The SMILES string of the molecule is Cc1cc(Cl)ccc1Nc1cc(C(C)C)c(CNCC2CCC2)cn1.Cc1cc(Cl)ccc1Nc1cc(C(C)C)c(CNCC2CCC2)cn1.Cc1cc(Cl)ccc1Nc1cc(C(C)C)c(CNCC2CCC2)cn1.O=CO.O=CO.O=CO.O=CO. The van der Waals surface area contributed by atoms with Crippen molar-refractivity contribution in [2.45, 2.75) is 157 Å². The molecule has 0 radical (unpaired) electrons. The normalized spacial score (nSPS) is 13.1. The van der Waals surface area contributed by atoms with Gasteiger partial charge >= 0.3 is 0 Å². The molecule has 3 aliphatic carbocycles. The van der Waals surface area contributed by atoms with E-state index < -0.39 is 0 Å². The summed E-state index contributed by atoms with van der Waals surface area (Å²) in [5, 5.41) is 50.9. The highest BCUT2D eigenvalue weighted by molar-refractivity contribution is 6.31. The first-order chi connectivity index (χ1) is 41.7. The van der Waals surface area contributed by atoms with Crippen LogP contribution in [0.5, 0.6) is 0 Å². The van der Waals surface area contributed by atoms with Crippen LogP contribution in [0.4, 0.5) is 34.5 Å². The molecule has 3 fully saturated rings. The van der Waals surface area contributed by atoms with Crippen LogP contribution in [0.15, 0.2) is 91.4 Å². The summed E-state index contributed by atoms with van der Waals surface area (Å²) in [6.07, 6.45) is 18.5. The fourth-order valence-corrected chi connectivity index (χ4v) is 10.5. The van der Waals surface area contributed by atoms with Crippen molar-refractivity contribution in [2.24, 2.45) is 17.8 Å². The van der Waals surface area contributed by atoms with Gasteiger partial charge in [-0.1, -0.05) is 95.6 Å². The van der Waals surface area contributed by atoms with E-state index in [-0.39, 0.29) is 25.9 Å². The maximum Gasteiger partial charge on any atom is 0.290 e. The van der Waals surface area contributed by atoms with Gasteiger partial charge in [0.25, 0.3) is 25.9 Å². The third kappa shape index (κ3) is 27.4. The molecule has 474 valence electrons. The van der Waals surface area contributed by atoms with Crippen molar-refractivity contribution < 1.29 is 39.6 Å². The van der Waals surface area contributed by atoms with Gasteiger partial charge in [-0.15, -0.1) is 0 Å². The summed E-state index contributed by atoms with van der Waals surface area (Å²) in [5.74, 6) is 6.70. The van der Waals surface area contributed by atoms with Gasteiger partial charge in [0.15, 0.2) is 0 Å². The molecule has 0 unspecified atom stereocenters. The molecule has 0 saturated heterocycles. The van der Waals surface area contributed by atoms with Crippen LogP contribution in [0.2, 0.25) is 15.1 Å². The smallest absolute Gasteiger partial charge is 0.290 e. The van der Waals surface area contributed by atoms with E-state index in [1.54, 1.807) is 0 Å². The minimum absolute atomic E-state index is 0.250. The topological polar surface area (TPSA) is 260 Å². The number of aromatic nitrogens is 3. The van der Waals surface area contributed by atoms with Crippen molar-refractivity contribution in [3.05, 3.63) is 157 Å². The number of halogens is 3. The molecule has 9 rings (SSSR count). The summed E-state index contributed by atoms with van der Waals surface area (Å²) in [6.45, 7) is 24.7. The van der Waals surface area contributed by atoms with Crippen molar-refractivity contribution in [1.29, 1.82) is 0 Å². The molecule has 3 aromatic heterocycles. The Labute approximate surface area is 530 Å². The maximum atomic E-state index is 8.36. The van der Waals surface area contributed by atoms with Gasteiger partial charge in [-0.25, -0.2) is 15.0 Å². The summed E-state index contributed by atoms with van der Waals surface area (Å²) in [6, 6.07) is 24.1. The number of nitrogens with one attached hydrogen (secondary N) is 6. The summed E-state index contributed by atoms with van der Waals surface area (Å²) in [7, 11) is 0. The molecular weight excluding hydrogens is 1170 g/mol. The molecule has 0 amide bonds. The van der Waals surface area contributed by atoms with Gasteiger partial charge in [0.1, 0.15) is 17.5 Å². The highest BCUT2D eigenvalue weighted by Gasteiger charge is 2.20. The Morgan fingerprint density at radius 2 is 0.655 bits per heavy atom. The second-order valence-electron chi connectivity index (χ2n) is 22.7. The lowest BCUT2D eigenvalue weighted by Gasteiger charge is -2.26. The van der Waals surface area contributed by atoms with Crippen LogP contribution in [-0.4, -0.2) is 80.9 Å². The maximum absolute atomic E-state index is 8.36. The quantitative estimate of drug-likeness (QED) is 0.0300. The van der Waals surface area contributed by atoms with Crippen LogP contribution in [0.1, 0.15) is 167 Å². The molecule has 3 heterocycles. The van der Waals surface area contributed by atoms with Crippen molar-refractivity contribution in [3.8, 4) is 0 Å². The van der Waals surface area contributed by atoms with Crippen molar-refractivity contribution in [2.75, 3.05) is 35.6 Å². The Hall–Kier alpha value is -6.86. The van der Waals surface area contributed by atoms with E-state index in [1.807, 2.05) is 73.2 Å². The predicted molar refractivity (Wildman–Crippen MR) is 355 cm³/mol. The Morgan fingerprint density at radius 3 is 0.839 bits per heavy atom. The number of rotatable bonds is 21. The number of carbonyl (C=O) groups is 4. The summed E-state index contributed by atoms with van der Waals surface area (Å²) < 4.78 is 0.